The van der Waals surface area contributed by atoms with Crippen molar-refractivity contribution in [3.8, 4) is 5.75 Å². The highest BCUT2D eigenvalue weighted by molar-refractivity contribution is 7.91. The molecule has 6 heteroatoms. The number of nitrogen functional groups attached to an aromatic ring is 1. The van der Waals surface area contributed by atoms with Gasteiger partial charge in [0.1, 0.15) is 5.75 Å². The Hall–Kier alpha value is -1.43. The maximum Gasteiger partial charge on any atom is 0.151 e. The maximum atomic E-state index is 11.4. The van der Waals surface area contributed by atoms with Gasteiger partial charge in [0.15, 0.2) is 9.84 Å². The third kappa shape index (κ3) is 5.38. The van der Waals surface area contributed by atoms with Crippen LogP contribution in [-0.2, 0) is 9.84 Å². The van der Waals surface area contributed by atoms with Crippen LogP contribution in [0.2, 0.25) is 0 Å². The summed E-state index contributed by atoms with van der Waals surface area (Å²) in [5.74, 6) is 0.922. The largest absolute Gasteiger partial charge is 0.491 e. The highest BCUT2D eigenvalue weighted by atomic mass is 32.2. The normalized spacial score (nSPS) is 11.3. The van der Waals surface area contributed by atoms with Crippen LogP contribution in [-0.4, -0.2) is 33.1 Å². The first-order chi connectivity index (χ1) is 8.98. The lowest BCUT2D eigenvalue weighted by Crippen LogP contribution is -2.17. The maximum absolute atomic E-state index is 11.4. The molecule has 108 valence electrons. The molecule has 0 heterocycles. The molecular formula is C13H22N2O3S. The molecule has 0 saturated heterocycles. The van der Waals surface area contributed by atoms with Crippen molar-refractivity contribution >= 4 is 21.2 Å². The lowest BCUT2D eigenvalue weighted by molar-refractivity contribution is 0.319. The van der Waals surface area contributed by atoms with Gasteiger partial charge in [-0.25, -0.2) is 8.42 Å². The molecule has 1 rings (SSSR count). The predicted octanol–water partition coefficient (Wildman–Crippen LogP) is 1.90. The van der Waals surface area contributed by atoms with Crippen molar-refractivity contribution < 1.29 is 13.2 Å². The molecule has 0 amide bonds. The molecule has 0 atom stereocenters. The van der Waals surface area contributed by atoms with Crippen molar-refractivity contribution in [2.24, 2.45) is 0 Å². The molecule has 0 aromatic heterocycles. The van der Waals surface area contributed by atoms with Crippen molar-refractivity contribution in [2.75, 3.05) is 35.7 Å². The lowest BCUT2D eigenvalue weighted by atomic mass is 10.2. The fourth-order valence-corrected chi connectivity index (χ4v) is 2.18. The van der Waals surface area contributed by atoms with Crippen LogP contribution in [0.4, 0.5) is 11.4 Å². The summed E-state index contributed by atoms with van der Waals surface area (Å²) < 4.78 is 28.2. The summed E-state index contributed by atoms with van der Waals surface area (Å²) in [7, 11) is -2.94. The number of hydrogen-bond acceptors (Lipinski definition) is 5. The Morgan fingerprint density at radius 2 is 2.05 bits per heavy atom. The van der Waals surface area contributed by atoms with Gasteiger partial charge < -0.3 is 15.8 Å². The van der Waals surface area contributed by atoms with Crippen LogP contribution in [0.3, 0.4) is 0 Å². The second-order valence-electron chi connectivity index (χ2n) is 4.26. The summed E-state index contributed by atoms with van der Waals surface area (Å²) in [6, 6.07) is 5.36. The Morgan fingerprint density at radius 3 is 2.68 bits per heavy atom. The lowest BCUT2D eigenvalue weighted by Gasteiger charge is -2.11. The third-order valence-corrected chi connectivity index (χ3v) is 4.36. The van der Waals surface area contributed by atoms with Gasteiger partial charge in [0.2, 0.25) is 0 Å². The zero-order valence-corrected chi connectivity index (χ0v) is 12.3. The summed E-state index contributed by atoms with van der Waals surface area (Å²) in [4.78, 5) is 0. The number of rotatable bonds is 8. The standard InChI is InChI=1S/C13H22N2O3S/c1-3-8-18-13-10-11(5-6-12(13)14)15-7-9-19(16,17)4-2/h5-6,10,15H,3-4,7-9,14H2,1-2H3. The minimum Gasteiger partial charge on any atom is -0.491 e. The number of anilines is 2. The summed E-state index contributed by atoms with van der Waals surface area (Å²) >= 11 is 0. The van der Waals surface area contributed by atoms with Crippen molar-refractivity contribution in [3.05, 3.63) is 18.2 Å². The minimum atomic E-state index is -2.94. The second-order valence-corrected chi connectivity index (χ2v) is 6.74. The Kier molecular flexibility index (Phi) is 5.95. The molecule has 0 spiro atoms. The number of ether oxygens (including phenoxy) is 1. The molecular weight excluding hydrogens is 264 g/mol. The number of nitrogens with one attached hydrogen (secondary N) is 1. The number of sulfone groups is 1. The van der Waals surface area contributed by atoms with Crippen LogP contribution in [0, 0.1) is 0 Å². The number of benzene rings is 1. The van der Waals surface area contributed by atoms with Gasteiger partial charge in [-0.1, -0.05) is 13.8 Å². The van der Waals surface area contributed by atoms with Crippen molar-refractivity contribution in [1.29, 1.82) is 0 Å². The van der Waals surface area contributed by atoms with Gasteiger partial charge in [-0.15, -0.1) is 0 Å². The van der Waals surface area contributed by atoms with E-state index < -0.39 is 9.84 Å². The van der Waals surface area contributed by atoms with Crippen LogP contribution in [0.25, 0.3) is 0 Å². The molecule has 0 aliphatic rings. The van der Waals surface area contributed by atoms with E-state index >= 15 is 0 Å². The van der Waals surface area contributed by atoms with Crippen molar-refractivity contribution in [2.45, 2.75) is 20.3 Å². The molecule has 5 nitrogen and oxygen atoms in total. The molecule has 0 aliphatic carbocycles. The summed E-state index contributed by atoms with van der Waals surface area (Å²) in [5.41, 5.74) is 7.20. The summed E-state index contributed by atoms with van der Waals surface area (Å²) in [6.07, 6.45) is 0.909. The van der Waals surface area contributed by atoms with Crippen LogP contribution in [0.15, 0.2) is 18.2 Å². The number of hydrogen-bond donors (Lipinski definition) is 2. The molecule has 0 bridgehead atoms. The average molecular weight is 286 g/mol. The fourth-order valence-electron chi connectivity index (χ4n) is 1.48. The van der Waals surface area contributed by atoms with E-state index in [0.717, 1.165) is 12.1 Å². The molecule has 1 aromatic carbocycles. The monoisotopic (exact) mass is 286 g/mol. The topological polar surface area (TPSA) is 81.4 Å². The van der Waals surface area contributed by atoms with Crippen LogP contribution >= 0.6 is 0 Å². The van der Waals surface area contributed by atoms with Gasteiger partial charge in [-0.2, -0.15) is 0 Å². The quantitative estimate of drug-likeness (QED) is 0.713. The Bertz CT molecular complexity index is 501. The first-order valence-electron chi connectivity index (χ1n) is 6.45. The van der Waals surface area contributed by atoms with E-state index in [0.29, 0.717) is 24.6 Å². The van der Waals surface area contributed by atoms with E-state index in [1.807, 2.05) is 13.0 Å². The first kappa shape index (κ1) is 15.6. The SMILES string of the molecule is CCCOc1cc(NCCS(=O)(=O)CC)ccc1N. The molecule has 0 radical (unpaired) electrons. The molecule has 3 N–H and O–H groups in total. The van der Waals surface area contributed by atoms with E-state index in [4.69, 9.17) is 10.5 Å². The molecule has 1 aromatic rings. The van der Waals surface area contributed by atoms with Gasteiger partial charge in [0, 0.05) is 24.1 Å². The van der Waals surface area contributed by atoms with E-state index in [1.165, 1.54) is 0 Å². The average Bonchev–Trinajstić information content (AvgIpc) is 2.39. The van der Waals surface area contributed by atoms with Crippen molar-refractivity contribution in [1.82, 2.24) is 0 Å². The Morgan fingerprint density at radius 1 is 1.32 bits per heavy atom. The molecule has 19 heavy (non-hydrogen) atoms. The zero-order valence-electron chi connectivity index (χ0n) is 11.5. The van der Waals surface area contributed by atoms with Crippen LogP contribution in [0.1, 0.15) is 20.3 Å². The molecule has 0 aliphatic heterocycles. The van der Waals surface area contributed by atoms with E-state index in [2.05, 4.69) is 5.32 Å². The van der Waals surface area contributed by atoms with Gasteiger partial charge >= 0.3 is 0 Å². The highest BCUT2D eigenvalue weighted by Gasteiger charge is 2.07. The predicted molar refractivity (Wildman–Crippen MR) is 79.5 cm³/mol. The van der Waals surface area contributed by atoms with E-state index in [9.17, 15) is 8.42 Å². The van der Waals surface area contributed by atoms with Gasteiger partial charge in [-0.05, 0) is 18.6 Å². The molecule has 0 unspecified atom stereocenters. The summed E-state index contributed by atoms with van der Waals surface area (Å²) in [5, 5.41) is 3.06. The fraction of sp³-hybridized carbons (Fsp3) is 0.538. The second kappa shape index (κ2) is 7.23. The molecule has 0 fully saturated rings. The van der Waals surface area contributed by atoms with E-state index in [-0.39, 0.29) is 11.5 Å². The molecule has 0 saturated carbocycles. The van der Waals surface area contributed by atoms with Crippen LogP contribution < -0.4 is 15.8 Å². The minimum absolute atomic E-state index is 0.124. The zero-order chi connectivity index (χ0) is 14.3. The van der Waals surface area contributed by atoms with Crippen LogP contribution in [0.5, 0.6) is 5.75 Å². The van der Waals surface area contributed by atoms with Crippen molar-refractivity contribution in [3.63, 3.8) is 0 Å². The number of nitrogens with two attached hydrogens (primary N) is 1. The third-order valence-electron chi connectivity index (χ3n) is 2.66. The highest BCUT2D eigenvalue weighted by Crippen LogP contribution is 2.25. The smallest absolute Gasteiger partial charge is 0.151 e. The van der Waals surface area contributed by atoms with E-state index in [1.54, 1.807) is 19.1 Å². The van der Waals surface area contributed by atoms with Gasteiger partial charge in [0.05, 0.1) is 18.0 Å². The summed E-state index contributed by atoms with van der Waals surface area (Å²) in [6.45, 7) is 4.66. The van der Waals surface area contributed by atoms with Gasteiger partial charge in [-0.3, -0.25) is 0 Å². The Balaban J connectivity index is 2.59. The first-order valence-corrected chi connectivity index (χ1v) is 8.27. The van der Waals surface area contributed by atoms with Gasteiger partial charge in [0.25, 0.3) is 0 Å². The Labute approximate surface area is 115 Å².